The molecule has 0 saturated carbocycles. The van der Waals surface area contributed by atoms with Crippen LogP contribution in [0.4, 0.5) is 8.78 Å². The zero-order chi connectivity index (χ0) is 22.6. The number of alkyl halides is 2. The summed E-state index contributed by atoms with van der Waals surface area (Å²) in [7, 11) is 1.57. The summed E-state index contributed by atoms with van der Waals surface area (Å²) in [5, 5.41) is 11.5. The van der Waals surface area contributed by atoms with Crippen molar-refractivity contribution < 1.29 is 23.1 Å². The number of nitrogens with zero attached hydrogens (tertiary/aromatic N) is 3. The lowest BCUT2D eigenvalue weighted by Crippen LogP contribution is -2.43. The first-order chi connectivity index (χ1) is 14.8. The van der Waals surface area contributed by atoms with E-state index in [1.165, 1.54) is 12.3 Å². The minimum Gasteiger partial charge on any atom is -0.497 e. The van der Waals surface area contributed by atoms with Crippen LogP contribution in [0.25, 0.3) is 0 Å². The monoisotopic (exact) mass is 428 g/mol. The van der Waals surface area contributed by atoms with Crippen LogP contribution in [0.3, 0.4) is 0 Å². The van der Waals surface area contributed by atoms with Crippen LogP contribution in [0.5, 0.6) is 5.75 Å². The van der Waals surface area contributed by atoms with Gasteiger partial charge >= 0.3 is 0 Å². The highest BCUT2D eigenvalue weighted by molar-refractivity contribution is 5.98. The minimum absolute atomic E-state index is 0.170. The molecule has 1 aliphatic rings. The normalized spacial score (nSPS) is 18.2. The number of amides is 2. The second-order valence-corrected chi connectivity index (χ2v) is 7.37. The van der Waals surface area contributed by atoms with Gasteiger partial charge in [0.2, 0.25) is 5.91 Å². The summed E-state index contributed by atoms with van der Waals surface area (Å²) in [6.07, 6.45) is 2.35. The minimum atomic E-state index is -3.11. The van der Waals surface area contributed by atoms with E-state index in [0.717, 1.165) is 10.5 Å². The maximum Gasteiger partial charge on any atom is 0.268 e. The molecule has 7 nitrogen and oxygen atoms in total. The molecule has 2 aromatic rings. The predicted octanol–water partition coefficient (Wildman–Crippen LogP) is 2.73. The van der Waals surface area contributed by atoms with E-state index in [4.69, 9.17) is 10.00 Å². The number of ether oxygens (including phenoxy) is 1. The van der Waals surface area contributed by atoms with Gasteiger partial charge in [-0.05, 0) is 29.3 Å². The fourth-order valence-electron chi connectivity index (χ4n) is 3.58. The van der Waals surface area contributed by atoms with Gasteiger partial charge in [0.25, 0.3) is 11.8 Å². The Hall–Kier alpha value is -3.54. The maximum absolute atomic E-state index is 13.6. The van der Waals surface area contributed by atoms with Crippen LogP contribution in [-0.2, 0) is 4.79 Å². The van der Waals surface area contributed by atoms with Crippen LogP contribution < -0.4 is 10.1 Å². The van der Waals surface area contributed by atoms with E-state index in [0.29, 0.717) is 16.9 Å². The smallest absolute Gasteiger partial charge is 0.268 e. The number of nitrogens with one attached hydrogen (secondary N) is 1. The van der Waals surface area contributed by atoms with Gasteiger partial charge in [0.1, 0.15) is 11.8 Å². The number of rotatable bonds is 6. The Kier molecular flexibility index (Phi) is 6.49. The molecule has 162 valence electrons. The van der Waals surface area contributed by atoms with E-state index in [2.05, 4.69) is 10.3 Å². The Morgan fingerprint density at radius 2 is 2.06 bits per heavy atom. The second kappa shape index (κ2) is 9.08. The van der Waals surface area contributed by atoms with Crippen molar-refractivity contribution in [3.8, 4) is 11.8 Å². The van der Waals surface area contributed by atoms with Gasteiger partial charge in [0.15, 0.2) is 0 Å². The van der Waals surface area contributed by atoms with Gasteiger partial charge < -0.3 is 15.0 Å². The number of nitriles is 1. The topological polar surface area (TPSA) is 95.3 Å². The van der Waals surface area contributed by atoms with Crippen LogP contribution in [0.1, 0.15) is 40.7 Å². The Balaban J connectivity index is 1.71. The average Bonchev–Trinajstić information content (AvgIpc) is 3.11. The van der Waals surface area contributed by atoms with Crippen molar-refractivity contribution in [2.24, 2.45) is 0 Å². The van der Waals surface area contributed by atoms with Crippen LogP contribution in [0, 0.1) is 11.3 Å². The molecule has 0 radical (unpaired) electrons. The Labute approximate surface area is 178 Å². The van der Waals surface area contributed by atoms with Crippen molar-refractivity contribution in [2.45, 2.75) is 31.2 Å². The van der Waals surface area contributed by atoms with Crippen LogP contribution in [-0.4, -0.2) is 53.9 Å². The summed E-state index contributed by atoms with van der Waals surface area (Å²) in [6, 6.07) is 9.46. The predicted molar refractivity (Wildman–Crippen MR) is 108 cm³/mol. The molecule has 1 aromatic carbocycles. The average molecular weight is 428 g/mol. The number of aromatic nitrogens is 1. The van der Waals surface area contributed by atoms with Crippen molar-refractivity contribution in [1.29, 1.82) is 5.26 Å². The lowest BCUT2D eigenvalue weighted by Gasteiger charge is -2.20. The van der Waals surface area contributed by atoms with Gasteiger partial charge in [-0.1, -0.05) is 19.1 Å². The number of methoxy groups -OCH3 is 1. The van der Waals surface area contributed by atoms with E-state index < -0.39 is 43.3 Å². The van der Waals surface area contributed by atoms with E-state index in [-0.39, 0.29) is 5.92 Å². The highest BCUT2D eigenvalue weighted by atomic mass is 19.3. The van der Waals surface area contributed by atoms with E-state index in [1.54, 1.807) is 19.4 Å². The number of carbonyl (C=O) groups is 2. The fraction of sp³-hybridized carbons (Fsp3) is 0.364. The van der Waals surface area contributed by atoms with E-state index in [9.17, 15) is 18.4 Å². The Morgan fingerprint density at radius 3 is 2.71 bits per heavy atom. The number of pyridine rings is 1. The maximum atomic E-state index is 13.6. The Morgan fingerprint density at radius 1 is 1.35 bits per heavy atom. The van der Waals surface area contributed by atoms with Crippen molar-refractivity contribution in [3.05, 3.63) is 59.4 Å². The lowest BCUT2D eigenvalue weighted by atomic mass is 9.91. The van der Waals surface area contributed by atoms with Gasteiger partial charge in [-0.2, -0.15) is 5.26 Å². The lowest BCUT2D eigenvalue weighted by molar-refractivity contribution is -0.131. The van der Waals surface area contributed by atoms with Gasteiger partial charge in [0.05, 0.1) is 26.3 Å². The summed E-state index contributed by atoms with van der Waals surface area (Å²) in [5.41, 5.74) is 1.92. The van der Waals surface area contributed by atoms with E-state index in [1.807, 2.05) is 31.2 Å². The molecule has 1 N–H and O–H groups in total. The van der Waals surface area contributed by atoms with Crippen molar-refractivity contribution in [1.82, 2.24) is 15.2 Å². The molecular weight excluding hydrogens is 406 g/mol. The molecule has 2 atom stereocenters. The molecule has 31 heavy (non-hydrogen) atoms. The van der Waals surface area contributed by atoms with Gasteiger partial charge in [-0.25, -0.2) is 8.78 Å². The summed E-state index contributed by atoms with van der Waals surface area (Å²) in [6.45, 7) is 0.616. The standard InChI is InChI=1S/C22H22F2N4O3/c1-14(15-3-5-17(31-2)6-4-15)19-11-26-8-7-18(19)21(30)27-12-20(29)28-13-22(23,24)9-16(28)10-25/h3-8,11,14,16H,9,12-13H2,1-2H3,(H,27,30). The molecule has 1 aromatic heterocycles. The van der Waals surface area contributed by atoms with Crippen molar-refractivity contribution >= 4 is 11.8 Å². The zero-order valence-electron chi connectivity index (χ0n) is 17.1. The molecule has 1 fully saturated rings. The summed E-state index contributed by atoms with van der Waals surface area (Å²) >= 11 is 0. The number of carbonyl (C=O) groups excluding carboxylic acids is 2. The third kappa shape index (κ3) is 4.97. The van der Waals surface area contributed by atoms with Crippen LogP contribution in [0.2, 0.25) is 0 Å². The first-order valence-corrected chi connectivity index (χ1v) is 9.68. The largest absolute Gasteiger partial charge is 0.497 e. The number of benzene rings is 1. The molecule has 1 saturated heterocycles. The third-order valence-corrected chi connectivity index (χ3v) is 5.32. The number of hydrogen-bond donors (Lipinski definition) is 1. The van der Waals surface area contributed by atoms with Crippen molar-refractivity contribution in [3.63, 3.8) is 0 Å². The fourth-order valence-corrected chi connectivity index (χ4v) is 3.58. The quantitative estimate of drug-likeness (QED) is 0.763. The molecule has 9 heteroatoms. The van der Waals surface area contributed by atoms with Crippen LogP contribution >= 0.6 is 0 Å². The molecule has 3 rings (SSSR count). The number of halogens is 2. The molecule has 2 unspecified atom stereocenters. The molecular formula is C22H22F2N4O3. The van der Waals surface area contributed by atoms with Gasteiger partial charge in [-0.3, -0.25) is 14.6 Å². The molecule has 0 bridgehead atoms. The summed E-state index contributed by atoms with van der Waals surface area (Å²) in [4.78, 5) is 30.0. The number of likely N-dealkylation sites (tertiary alicyclic amines) is 1. The van der Waals surface area contributed by atoms with Gasteiger partial charge in [-0.15, -0.1) is 0 Å². The molecule has 0 aliphatic carbocycles. The Bertz CT molecular complexity index is 1000. The molecule has 1 aliphatic heterocycles. The molecule has 0 spiro atoms. The second-order valence-electron chi connectivity index (χ2n) is 7.37. The highest BCUT2D eigenvalue weighted by Gasteiger charge is 2.47. The summed E-state index contributed by atoms with van der Waals surface area (Å²) in [5.74, 6) is -3.81. The SMILES string of the molecule is COc1ccc(C(C)c2cnccc2C(=O)NCC(=O)N2CC(F)(F)CC2C#N)cc1. The number of hydrogen-bond acceptors (Lipinski definition) is 5. The third-order valence-electron chi connectivity index (χ3n) is 5.32. The molecule has 2 amide bonds. The first-order valence-electron chi connectivity index (χ1n) is 9.68. The summed E-state index contributed by atoms with van der Waals surface area (Å²) < 4.78 is 32.3. The first kappa shape index (κ1) is 22.2. The zero-order valence-corrected chi connectivity index (χ0v) is 17.1. The van der Waals surface area contributed by atoms with Crippen molar-refractivity contribution in [2.75, 3.05) is 20.2 Å². The van der Waals surface area contributed by atoms with Crippen LogP contribution in [0.15, 0.2) is 42.7 Å². The highest BCUT2D eigenvalue weighted by Crippen LogP contribution is 2.32. The van der Waals surface area contributed by atoms with Gasteiger partial charge in [0, 0.05) is 30.3 Å². The van der Waals surface area contributed by atoms with E-state index >= 15 is 0 Å². The molecule has 2 heterocycles.